The first-order valence-corrected chi connectivity index (χ1v) is 6.31. The number of rotatable bonds is 4. The van der Waals surface area contributed by atoms with Gasteiger partial charge in [-0.3, -0.25) is 4.98 Å². The number of carboxylic acid groups (broad SMARTS) is 1. The predicted molar refractivity (Wildman–Crippen MR) is 67.8 cm³/mol. The van der Waals surface area contributed by atoms with Crippen molar-refractivity contribution in [2.45, 2.75) is 10.9 Å². The van der Waals surface area contributed by atoms with Crippen LogP contribution in [0.15, 0.2) is 35.7 Å². The summed E-state index contributed by atoms with van der Waals surface area (Å²) in [5.74, 6) is -0.594. The van der Waals surface area contributed by atoms with Gasteiger partial charge in [-0.05, 0) is 12.1 Å². The minimum Gasteiger partial charge on any atom is -0.476 e. The number of thioether (sulfide) groups is 1. The smallest absolute Gasteiger partial charge is 0.356 e. The molecule has 7 heteroatoms. The largest absolute Gasteiger partial charge is 0.476 e. The first kappa shape index (κ1) is 12.8. The highest BCUT2D eigenvalue weighted by molar-refractivity contribution is 7.98. The Bertz CT molecular complexity index is 565. The zero-order valence-corrected chi connectivity index (χ0v) is 10.6. The Labute approximate surface area is 112 Å². The summed E-state index contributed by atoms with van der Waals surface area (Å²) in [4.78, 5) is 22.8. The molecule has 0 aliphatic rings. The van der Waals surface area contributed by atoms with E-state index in [1.165, 1.54) is 18.0 Å². The first-order chi connectivity index (χ1) is 8.66. The fourth-order valence-corrected chi connectivity index (χ4v) is 2.10. The van der Waals surface area contributed by atoms with E-state index in [0.29, 0.717) is 10.9 Å². The Hall–Kier alpha value is -1.66. The van der Waals surface area contributed by atoms with Gasteiger partial charge in [0.05, 0.1) is 16.9 Å². The maximum absolute atomic E-state index is 10.9. The van der Waals surface area contributed by atoms with Gasteiger partial charge < -0.3 is 5.11 Å². The molecule has 18 heavy (non-hydrogen) atoms. The van der Waals surface area contributed by atoms with Crippen LogP contribution in [0.5, 0.6) is 0 Å². The average Bonchev–Trinajstić information content (AvgIpc) is 2.38. The van der Waals surface area contributed by atoms with Crippen molar-refractivity contribution in [1.29, 1.82) is 0 Å². The number of hydrogen-bond donors (Lipinski definition) is 1. The summed E-state index contributed by atoms with van der Waals surface area (Å²) in [7, 11) is 0. The zero-order valence-electron chi connectivity index (χ0n) is 9.08. The Morgan fingerprint density at radius 3 is 2.89 bits per heavy atom. The second-order valence-corrected chi connectivity index (χ2v) is 4.61. The minimum absolute atomic E-state index is 0.0321. The molecule has 0 aliphatic heterocycles. The average molecular weight is 282 g/mol. The molecule has 2 heterocycles. The van der Waals surface area contributed by atoms with Crippen molar-refractivity contribution in [3.8, 4) is 0 Å². The summed E-state index contributed by atoms with van der Waals surface area (Å²) in [6.45, 7) is 0. The monoisotopic (exact) mass is 281 g/mol. The number of carboxylic acids is 1. The number of aromatic carboxylic acids is 1. The van der Waals surface area contributed by atoms with E-state index in [1.807, 2.05) is 18.2 Å². The van der Waals surface area contributed by atoms with Gasteiger partial charge in [0.2, 0.25) is 0 Å². The highest BCUT2D eigenvalue weighted by Crippen LogP contribution is 2.20. The lowest BCUT2D eigenvalue weighted by atomic mass is 10.4. The zero-order chi connectivity index (χ0) is 13.0. The number of carbonyl (C=O) groups is 1. The van der Waals surface area contributed by atoms with Gasteiger partial charge in [-0.1, -0.05) is 29.4 Å². The fourth-order valence-electron chi connectivity index (χ4n) is 1.19. The van der Waals surface area contributed by atoms with Crippen molar-refractivity contribution < 1.29 is 9.90 Å². The van der Waals surface area contributed by atoms with Gasteiger partial charge in [0.25, 0.3) is 0 Å². The molecule has 0 aliphatic carbocycles. The van der Waals surface area contributed by atoms with Crippen LogP contribution in [0.1, 0.15) is 16.2 Å². The van der Waals surface area contributed by atoms with Crippen molar-refractivity contribution in [3.63, 3.8) is 0 Å². The molecule has 0 bridgehead atoms. The van der Waals surface area contributed by atoms with Crippen LogP contribution in [0.2, 0.25) is 5.02 Å². The third kappa shape index (κ3) is 3.18. The third-order valence-corrected chi connectivity index (χ3v) is 3.17. The van der Waals surface area contributed by atoms with Gasteiger partial charge in [0.15, 0.2) is 10.9 Å². The Morgan fingerprint density at radius 2 is 2.22 bits per heavy atom. The molecule has 92 valence electrons. The van der Waals surface area contributed by atoms with Gasteiger partial charge in [0, 0.05) is 11.9 Å². The van der Waals surface area contributed by atoms with Crippen molar-refractivity contribution in [1.82, 2.24) is 15.0 Å². The van der Waals surface area contributed by atoms with Crippen molar-refractivity contribution in [2.75, 3.05) is 0 Å². The number of hydrogen-bond acceptors (Lipinski definition) is 5. The topological polar surface area (TPSA) is 76.0 Å². The van der Waals surface area contributed by atoms with Crippen LogP contribution < -0.4 is 0 Å². The molecular weight excluding hydrogens is 274 g/mol. The molecule has 5 nitrogen and oxygen atoms in total. The molecule has 0 spiro atoms. The van der Waals surface area contributed by atoms with E-state index in [4.69, 9.17) is 16.7 Å². The number of nitrogens with zero attached hydrogens (tertiary/aromatic N) is 3. The highest BCUT2D eigenvalue weighted by atomic mass is 35.5. The van der Waals surface area contributed by atoms with Crippen molar-refractivity contribution in [2.24, 2.45) is 0 Å². The fraction of sp³-hybridized carbons (Fsp3) is 0.0909. The lowest BCUT2D eigenvalue weighted by Gasteiger charge is -2.02. The van der Waals surface area contributed by atoms with E-state index in [9.17, 15) is 4.79 Å². The molecule has 0 unspecified atom stereocenters. The molecule has 1 N–H and O–H groups in total. The highest BCUT2D eigenvalue weighted by Gasteiger charge is 2.12. The lowest BCUT2D eigenvalue weighted by molar-refractivity contribution is 0.0689. The summed E-state index contributed by atoms with van der Waals surface area (Å²) in [6, 6.07) is 5.59. The summed E-state index contributed by atoms with van der Waals surface area (Å²) >= 11 is 6.99. The molecule has 2 aromatic heterocycles. The van der Waals surface area contributed by atoms with E-state index in [1.54, 1.807) is 6.20 Å². The van der Waals surface area contributed by atoms with Crippen LogP contribution in [-0.2, 0) is 5.75 Å². The van der Waals surface area contributed by atoms with Crippen LogP contribution in [0.3, 0.4) is 0 Å². The van der Waals surface area contributed by atoms with Crippen LogP contribution in [0, 0.1) is 0 Å². The van der Waals surface area contributed by atoms with Crippen LogP contribution in [0.4, 0.5) is 0 Å². The van der Waals surface area contributed by atoms with Crippen molar-refractivity contribution in [3.05, 3.63) is 47.0 Å². The molecule has 0 atom stereocenters. The summed E-state index contributed by atoms with van der Waals surface area (Å²) in [6.07, 6.45) is 2.99. The normalized spacial score (nSPS) is 10.3. The maximum Gasteiger partial charge on any atom is 0.356 e. The summed E-state index contributed by atoms with van der Waals surface area (Å²) in [5.41, 5.74) is 0.688. The molecule has 0 saturated carbocycles. The van der Waals surface area contributed by atoms with E-state index in [2.05, 4.69) is 15.0 Å². The quantitative estimate of drug-likeness (QED) is 0.685. The van der Waals surface area contributed by atoms with Crippen LogP contribution in [0.25, 0.3) is 0 Å². The van der Waals surface area contributed by atoms with Crippen LogP contribution >= 0.6 is 23.4 Å². The molecule has 0 radical (unpaired) electrons. The van der Waals surface area contributed by atoms with Crippen molar-refractivity contribution >= 4 is 29.3 Å². The standard InChI is InChI=1S/C11H8ClN3O2S/c12-8-5-14-11(15-9(8)10(16)17)18-6-7-3-1-2-4-13-7/h1-5H,6H2,(H,16,17). The van der Waals surface area contributed by atoms with E-state index >= 15 is 0 Å². The molecule has 0 amide bonds. The molecule has 0 saturated heterocycles. The predicted octanol–water partition coefficient (Wildman–Crippen LogP) is 2.52. The molecular formula is C11H8ClN3O2S. The van der Waals surface area contributed by atoms with Crippen LogP contribution in [-0.4, -0.2) is 26.0 Å². The third-order valence-electron chi connectivity index (χ3n) is 2.00. The Balaban J connectivity index is 2.11. The number of pyridine rings is 1. The second-order valence-electron chi connectivity index (χ2n) is 3.26. The number of halogens is 1. The summed E-state index contributed by atoms with van der Waals surface area (Å²) < 4.78 is 0. The molecule has 0 aromatic carbocycles. The Kier molecular flexibility index (Phi) is 4.11. The number of aromatic nitrogens is 3. The van der Waals surface area contributed by atoms with Gasteiger partial charge in [-0.15, -0.1) is 0 Å². The summed E-state index contributed by atoms with van der Waals surface area (Å²) in [5, 5.41) is 9.27. The van der Waals surface area contributed by atoms with Gasteiger partial charge in [0.1, 0.15) is 0 Å². The Morgan fingerprint density at radius 1 is 1.39 bits per heavy atom. The SMILES string of the molecule is O=C(O)c1nc(SCc2ccccn2)ncc1Cl. The van der Waals surface area contributed by atoms with E-state index in [-0.39, 0.29) is 10.7 Å². The van der Waals surface area contributed by atoms with Gasteiger partial charge >= 0.3 is 5.97 Å². The van der Waals surface area contributed by atoms with E-state index < -0.39 is 5.97 Å². The minimum atomic E-state index is -1.16. The lowest BCUT2D eigenvalue weighted by Crippen LogP contribution is -2.03. The maximum atomic E-state index is 10.9. The van der Waals surface area contributed by atoms with E-state index in [0.717, 1.165) is 5.69 Å². The molecule has 2 rings (SSSR count). The second kappa shape index (κ2) is 5.79. The molecule has 0 fully saturated rings. The van der Waals surface area contributed by atoms with Gasteiger partial charge in [-0.2, -0.15) is 0 Å². The molecule has 2 aromatic rings. The first-order valence-electron chi connectivity index (χ1n) is 4.95. The van der Waals surface area contributed by atoms with Gasteiger partial charge in [-0.25, -0.2) is 14.8 Å².